The highest BCUT2D eigenvalue weighted by Crippen LogP contribution is 2.14. The lowest BCUT2D eigenvalue weighted by molar-refractivity contribution is 0.170. The van der Waals surface area contributed by atoms with E-state index in [4.69, 9.17) is 15.1 Å². The molecule has 0 spiro atoms. The van der Waals surface area contributed by atoms with E-state index < -0.39 is 0 Å². The van der Waals surface area contributed by atoms with E-state index in [0.717, 1.165) is 5.69 Å². The highest BCUT2D eigenvalue weighted by atomic mass is 16.5. The van der Waals surface area contributed by atoms with E-state index in [9.17, 15) is 0 Å². The summed E-state index contributed by atoms with van der Waals surface area (Å²) < 4.78 is 5.05. The summed E-state index contributed by atoms with van der Waals surface area (Å²) in [5.74, 6) is 0.544. The second-order valence-corrected chi connectivity index (χ2v) is 3.77. The van der Waals surface area contributed by atoms with Crippen LogP contribution in [-0.4, -0.2) is 36.5 Å². The molecule has 0 aliphatic rings. The number of rotatable bonds is 6. The first-order valence-electron chi connectivity index (χ1n) is 5.45. The topological polar surface area (TPSA) is 78.2 Å². The first-order chi connectivity index (χ1) is 8.21. The van der Waals surface area contributed by atoms with Gasteiger partial charge < -0.3 is 15.2 Å². The molecule has 0 bridgehead atoms. The molecule has 0 aliphatic heterocycles. The molecule has 1 atom stereocenters. The summed E-state index contributed by atoms with van der Waals surface area (Å²) in [6, 6.07) is 5.56. The number of methoxy groups -OCH3 is 1. The van der Waals surface area contributed by atoms with Crippen LogP contribution in [-0.2, 0) is 4.74 Å². The SMILES string of the molecule is COCC(CCO)Nc1nc(C)ccc1C#N. The van der Waals surface area contributed by atoms with Crippen molar-refractivity contribution < 1.29 is 9.84 Å². The van der Waals surface area contributed by atoms with Crippen LogP contribution in [0, 0.1) is 18.3 Å². The van der Waals surface area contributed by atoms with Crippen molar-refractivity contribution in [3.05, 3.63) is 23.4 Å². The number of anilines is 1. The third-order valence-corrected chi connectivity index (χ3v) is 2.34. The minimum absolute atomic E-state index is 0.0496. The normalized spacial score (nSPS) is 11.9. The van der Waals surface area contributed by atoms with Gasteiger partial charge in [-0.15, -0.1) is 0 Å². The van der Waals surface area contributed by atoms with Gasteiger partial charge >= 0.3 is 0 Å². The Kier molecular flexibility index (Phi) is 5.40. The first-order valence-corrected chi connectivity index (χ1v) is 5.45. The minimum Gasteiger partial charge on any atom is -0.396 e. The zero-order valence-corrected chi connectivity index (χ0v) is 10.1. The summed E-state index contributed by atoms with van der Waals surface area (Å²) in [6.07, 6.45) is 0.550. The van der Waals surface area contributed by atoms with Crippen LogP contribution >= 0.6 is 0 Å². The lowest BCUT2D eigenvalue weighted by atomic mass is 10.2. The van der Waals surface area contributed by atoms with Crippen LogP contribution < -0.4 is 5.32 Å². The van der Waals surface area contributed by atoms with Gasteiger partial charge in [-0.2, -0.15) is 5.26 Å². The van der Waals surface area contributed by atoms with E-state index in [0.29, 0.717) is 24.4 Å². The third-order valence-electron chi connectivity index (χ3n) is 2.34. The Morgan fingerprint density at radius 3 is 2.94 bits per heavy atom. The number of ether oxygens (including phenoxy) is 1. The molecule has 5 heteroatoms. The average Bonchev–Trinajstić information content (AvgIpc) is 2.30. The first kappa shape index (κ1) is 13.4. The van der Waals surface area contributed by atoms with Gasteiger partial charge in [0.25, 0.3) is 0 Å². The van der Waals surface area contributed by atoms with E-state index in [-0.39, 0.29) is 12.6 Å². The number of aliphatic hydroxyl groups excluding tert-OH is 1. The second kappa shape index (κ2) is 6.84. The van der Waals surface area contributed by atoms with Crippen molar-refractivity contribution in [3.8, 4) is 6.07 Å². The maximum absolute atomic E-state index is 8.97. The molecule has 1 aromatic rings. The van der Waals surface area contributed by atoms with Crippen LogP contribution in [0.25, 0.3) is 0 Å². The molecule has 1 rings (SSSR count). The van der Waals surface area contributed by atoms with Crippen molar-refractivity contribution in [2.45, 2.75) is 19.4 Å². The summed E-state index contributed by atoms with van der Waals surface area (Å²) in [6.45, 7) is 2.39. The highest BCUT2D eigenvalue weighted by molar-refractivity contribution is 5.52. The number of aliphatic hydroxyl groups is 1. The summed E-state index contributed by atoms with van der Waals surface area (Å²) in [5, 5.41) is 21.0. The number of aryl methyl sites for hydroxylation is 1. The number of nitrogens with zero attached hydrogens (tertiary/aromatic N) is 2. The van der Waals surface area contributed by atoms with Gasteiger partial charge in [0, 0.05) is 19.4 Å². The molecule has 0 amide bonds. The van der Waals surface area contributed by atoms with Crippen molar-refractivity contribution in [1.29, 1.82) is 5.26 Å². The van der Waals surface area contributed by atoms with Gasteiger partial charge in [0.1, 0.15) is 11.9 Å². The fourth-order valence-electron chi connectivity index (χ4n) is 1.50. The molecule has 1 heterocycles. The Balaban J connectivity index is 2.84. The van der Waals surface area contributed by atoms with Gasteiger partial charge in [0.05, 0.1) is 18.2 Å². The molecule has 0 radical (unpaired) electrons. The Hall–Kier alpha value is -1.64. The Bertz CT molecular complexity index is 395. The Labute approximate surface area is 101 Å². The smallest absolute Gasteiger partial charge is 0.144 e. The van der Waals surface area contributed by atoms with Gasteiger partial charge in [-0.05, 0) is 25.5 Å². The summed E-state index contributed by atoms with van der Waals surface area (Å²) in [4.78, 5) is 4.28. The van der Waals surface area contributed by atoms with E-state index in [1.54, 1.807) is 19.2 Å². The molecule has 0 aromatic carbocycles. The van der Waals surface area contributed by atoms with Crippen molar-refractivity contribution in [2.24, 2.45) is 0 Å². The molecule has 5 nitrogen and oxygen atoms in total. The minimum atomic E-state index is -0.0496. The molecule has 0 saturated carbocycles. The van der Waals surface area contributed by atoms with Crippen LogP contribution in [0.1, 0.15) is 17.7 Å². The quantitative estimate of drug-likeness (QED) is 0.771. The molecule has 1 aromatic heterocycles. The molecule has 17 heavy (non-hydrogen) atoms. The fourth-order valence-corrected chi connectivity index (χ4v) is 1.50. The second-order valence-electron chi connectivity index (χ2n) is 3.77. The standard InChI is InChI=1S/C12H17N3O2/c1-9-3-4-10(7-13)12(14-9)15-11(5-6-16)8-17-2/h3-4,11,16H,5-6,8H2,1-2H3,(H,14,15). The average molecular weight is 235 g/mol. The van der Waals surface area contributed by atoms with Crippen molar-refractivity contribution in [3.63, 3.8) is 0 Å². The number of nitrogens with one attached hydrogen (secondary N) is 1. The van der Waals surface area contributed by atoms with Crippen molar-refractivity contribution >= 4 is 5.82 Å². The van der Waals surface area contributed by atoms with E-state index in [1.165, 1.54) is 0 Å². The van der Waals surface area contributed by atoms with Crippen LogP contribution in [0.5, 0.6) is 0 Å². The number of aromatic nitrogens is 1. The number of hydrogen-bond acceptors (Lipinski definition) is 5. The highest BCUT2D eigenvalue weighted by Gasteiger charge is 2.11. The van der Waals surface area contributed by atoms with Crippen molar-refractivity contribution in [2.75, 3.05) is 25.6 Å². The molecule has 0 aliphatic carbocycles. The molecule has 0 saturated heterocycles. The van der Waals surface area contributed by atoms with Crippen LogP contribution in [0.3, 0.4) is 0 Å². The van der Waals surface area contributed by atoms with Gasteiger partial charge in [0.2, 0.25) is 0 Å². The predicted octanol–water partition coefficient (Wildman–Crippen LogP) is 1.07. The fraction of sp³-hybridized carbons (Fsp3) is 0.500. The van der Waals surface area contributed by atoms with Crippen LogP contribution in [0.2, 0.25) is 0 Å². The summed E-state index contributed by atoms with van der Waals surface area (Å²) >= 11 is 0. The number of hydrogen-bond donors (Lipinski definition) is 2. The van der Waals surface area contributed by atoms with E-state index in [1.807, 2.05) is 6.92 Å². The molecule has 1 unspecified atom stereocenters. The van der Waals surface area contributed by atoms with Crippen LogP contribution in [0.15, 0.2) is 12.1 Å². The monoisotopic (exact) mass is 235 g/mol. The van der Waals surface area contributed by atoms with E-state index >= 15 is 0 Å². The van der Waals surface area contributed by atoms with Crippen molar-refractivity contribution in [1.82, 2.24) is 4.98 Å². The van der Waals surface area contributed by atoms with Gasteiger partial charge in [-0.3, -0.25) is 0 Å². The molecule has 92 valence electrons. The summed E-state index contributed by atoms with van der Waals surface area (Å²) in [7, 11) is 1.60. The van der Waals surface area contributed by atoms with Gasteiger partial charge in [-0.25, -0.2) is 4.98 Å². The van der Waals surface area contributed by atoms with Gasteiger partial charge in [0.15, 0.2) is 0 Å². The maximum Gasteiger partial charge on any atom is 0.144 e. The maximum atomic E-state index is 8.97. The lowest BCUT2D eigenvalue weighted by Crippen LogP contribution is -2.27. The largest absolute Gasteiger partial charge is 0.396 e. The zero-order valence-electron chi connectivity index (χ0n) is 10.1. The third kappa shape index (κ3) is 4.02. The molecular weight excluding hydrogens is 218 g/mol. The molecule has 0 fully saturated rings. The Morgan fingerprint density at radius 1 is 1.59 bits per heavy atom. The predicted molar refractivity (Wildman–Crippen MR) is 64.7 cm³/mol. The molecular formula is C12H17N3O2. The van der Waals surface area contributed by atoms with Crippen LogP contribution in [0.4, 0.5) is 5.82 Å². The lowest BCUT2D eigenvalue weighted by Gasteiger charge is -2.18. The summed E-state index contributed by atoms with van der Waals surface area (Å²) in [5.41, 5.74) is 1.33. The zero-order chi connectivity index (χ0) is 12.7. The van der Waals surface area contributed by atoms with Gasteiger partial charge in [-0.1, -0.05) is 0 Å². The van der Waals surface area contributed by atoms with E-state index in [2.05, 4.69) is 16.4 Å². The Morgan fingerprint density at radius 2 is 2.35 bits per heavy atom. The number of nitriles is 1. The number of pyridine rings is 1. The molecule has 2 N–H and O–H groups in total.